The lowest BCUT2D eigenvalue weighted by Gasteiger charge is -2.17. The molecule has 1 saturated heterocycles. The third-order valence-corrected chi connectivity index (χ3v) is 7.97. The molecule has 13 nitrogen and oxygen atoms in total. The first-order valence-electron chi connectivity index (χ1n) is 6.90. The van der Waals surface area contributed by atoms with Gasteiger partial charge in [0.05, 0.1) is 12.0 Å². The molecule has 1 rings (SSSR count). The number of hydrogen-bond acceptors (Lipinski definition) is 9. The maximum atomic E-state index is 11.6. The summed E-state index contributed by atoms with van der Waals surface area (Å²) in [6, 6.07) is 0. The van der Waals surface area contributed by atoms with Gasteiger partial charge in [0.2, 0.25) is 5.91 Å². The van der Waals surface area contributed by atoms with Gasteiger partial charge in [-0.1, -0.05) is 0 Å². The number of thioether (sulfide) groups is 1. The zero-order chi connectivity index (χ0) is 20.0. The zero-order valence-electron chi connectivity index (χ0n) is 13.3. The Balaban J connectivity index is 2.43. The molecule has 152 valence electrons. The van der Waals surface area contributed by atoms with Crippen LogP contribution in [0.25, 0.3) is 0 Å². The Labute approximate surface area is 153 Å². The highest BCUT2D eigenvalue weighted by molar-refractivity contribution is 8.00. The predicted molar refractivity (Wildman–Crippen MR) is 90.6 cm³/mol. The second kappa shape index (κ2) is 9.81. The van der Waals surface area contributed by atoms with Gasteiger partial charge in [-0.3, -0.25) is 9.32 Å². The molecule has 0 bridgehead atoms. The van der Waals surface area contributed by atoms with Crippen molar-refractivity contribution in [3.8, 4) is 0 Å². The third kappa shape index (κ3) is 10.2. The maximum Gasteiger partial charge on any atom is 0.490 e. The highest BCUT2D eigenvalue weighted by Crippen LogP contribution is 2.66. The topological polar surface area (TPSA) is 201 Å². The van der Waals surface area contributed by atoms with Crippen molar-refractivity contribution in [3.05, 3.63) is 12.3 Å². The molecule has 17 heteroatoms. The normalized spacial score (nSPS) is 25.6. The van der Waals surface area contributed by atoms with E-state index in [4.69, 9.17) is 14.7 Å². The van der Waals surface area contributed by atoms with E-state index in [1.807, 2.05) is 0 Å². The number of amides is 1. The summed E-state index contributed by atoms with van der Waals surface area (Å²) in [4.78, 5) is 46.3. The summed E-state index contributed by atoms with van der Waals surface area (Å²) < 4.78 is 45.1. The lowest BCUT2D eigenvalue weighted by atomic mass is 10.2. The minimum atomic E-state index is -5.50. The Morgan fingerprint density at radius 3 is 2.38 bits per heavy atom. The van der Waals surface area contributed by atoms with Crippen molar-refractivity contribution in [2.45, 2.75) is 23.5 Å². The van der Waals surface area contributed by atoms with Crippen molar-refractivity contribution in [1.29, 1.82) is 0 Å². The lowest BCUT2D eigenvalue weighted by molar-refractivity contribution is -0.116. The molecular weight excluding hydrogens is 437 g/mol. The summed E-state index contributed by atoms with van der Waals surface area (Å²) in [6.45, 7) is -0.328. The molecule has 0 spiro atoms. The van der Waals surface area contributed by atoms with E-state index in [-0.39, 0.29) is 23.1 Å². The van der Waals surface area contributed by atoms with Crippen LogP contribution in [0.4, 0.5) is 0 Å². The Morgan fingerprint density at radius 2 is 1.81 bits per heavy atom. The van der Waals surface area contributed by atoms with E-state index in [1.165, 1.54) is 31.1 Å². The number of nitrogens with one attached hydrogen (secondary N) is 2. The highest BCUT2D eigenvalue weighted by Gasteiger charge is 2.41. The Morgan fingerprint density at radius 1 is 1.15 bits per heavy atom. The number of carbonyl (C=O) groups excluding carboxylic acids is 1. The van der Waals surface area contributed by atoms with Gasteiger partial charge in [-0.2, -0.15) is 8.62 Å². The standard InChI is InChI=1S/C9H19N2O11P3S/c1-10-8(12)4-5-11-9-3-2-7(26-9)6-20-24(16,17)22-25(18,19)21-23(13,14)15/h4-5,7,9,11H,2-3,6H2,1H3,(H,10,12)(H,16,17)(H,18,19)(H2,13,14,15)/b5-4-/t7-,9+/m0/s1. The van der Waals surface area contributed by atoms with Crippen LogP contribution in [-0.2, 0) is 31.6 Å². The average Bonchev–Trinajstić information content (AvgIpc) is 2.89. The van der Waals surface area contributed by atoms with Gasteiger partial charge in [0.15, 0.2) is 0 Å². The SMILES string of the molecule is CNC(=O)/C=C\N[C@H]1CC[C@@H](COP(=O)(O)OP(=O)(O)OP(=O)(O)O)S1. The summed E-state index contributed by atoms with van der Waals surface area (Å²) in [6.07, 6.45) is 3.99. The first-order valence-corrected chi connectivity index (χ1v) is 12.4. The van der Waals surface area contributed by atoms with Crippen LogP contribution in [-0.4, -0.2) is 49.8 Å². The zero-order valence-corrected chi connectivity index (χ0v) is 16.8. The van der Waals surface area contributed by atoms with Crippen LogP contribution in [0.1, 0.15) is 12.8 Å². The molecule has 1 aliphatic heterocycles. The molecule has 1 aliphatic rings. The second-order valence-electron chi connectivity index (χ2n) is 4.83. The minimum Gasteiger partial charge on any atom is -0.379 e. The fraction of sp³-hybridized carbons (Fsp3) is 0.667. The third-order valence-electron chi connectivity index (χ3n) is 2.71. The summed E-state index contributed by atoms with van der Waals surface area (Å²) in [5, 5.41) is 5.01. The highest BCUT2D eigenvalue weighted by atomic mass is 32.2. The molecule has 0 aromatic rings. The monoisotopic (exact) mass is 456 g/mol. The summed E-state index contributed by atoms with van der Waals surface area (Å²) >= 11 is 1.34. The molecule has 0 saturated carbocycles. The van der Waals surface area contributed by atoms with E-state index in [0.29, 0.717) is 12.8 Å². The summed E-state index contributed by atoms with van der Waals surface area (Å²) in [5.41, 5.74) is 0. The van der Waals surface area contributed by atoms with Gasteiger partial charge in [-0.05, 0) is 12.8 Å². The van der Waals surface area contributed by atoms with E-state index in [9.17, 15) is 23.4 Å². The number of phosphoric acid groups is 3. The number of carbonyl (C=O) groups is 1. The quantitative estimate of drug-likeness (QED) is 0.195. The molecule has 0 radical (unpaired) electrons. The first-order chi connectivity index (χ1) is 11.8. The minimum absolute atomic E-state index is 0.0783. The smallest absolute Gasteiger partial charge is 0.379 e. The van der Waals surface area contributed by atoms with Gasteiger partial charge in [0.1, 0.15) is 0 Å². The van der Waals surface area contributed by atoms with Crippen LogP contribution in [0, 0.1) is 0 Å². The van der Waals surface area contributed by atoms with E-state index in [0.717, 1.165) is 0 Å². The predicted octanol–water partition coefficient (Wildman–Crippen LogP) is 0.401. The molecule has 0 aromatic carbocycles. The van der Waals surface area contributed by atoms with Gasteiger partial charge in [0.25, 0.3) is 0 Å². The van der Waals surface area contributed by atoms with E-state index in [1.54, 1.807) is 0 Å². The summed E-state index contributed by atoms with van der Waals surface area (Å²) in [5.74, 6) is -0.287. The molecule has 1 fully saturated rings. The van der Waals surface area contributed by atoms with Crippen molar-refractivity contribution < 1.29 is 51.2 Å². The van der Waals surface area contributed by atoms with Crippen LogP contribution in [0.2, 0.25) is 0 Å². The Hall–Kier alpha value is -0.230. The molecule has 0 aliphatic carbocycles. The van der Waals surface area contributed by atoms with E-state index < -0.39 is 23.5 Å². The van der Waals surface area contributed by atoms with Crippen LogP contribution in [0.5, 0.6) is 0 Å². The van der Waals surface area contributed by atoms with Crippen molar-refractivity contribution in [1.82, 2.24) is 10.6 Å². The van der Waals surface area contributed by atoms with E-state index >= 15 is 0 Å². The van der Waals surface area contributed by atoms with Crippen molar-refractivity contribution in [2.75, 3.05) is 13.7 Å². The van der Waals surface area contributed by atoms with Crippen LogP contribution < -0.4 is 10.6 Å². The lowest BCUT2D eigenvalue weighted by Crippen LogP contribution is -2.20. The molecule has 4 atom stereocenters. The summed E-state index contributed by atoms with van der Waals surface area (Å²) in [7, 11) is -14.5. The van der Waals surface area contributed by atoms with E-state index in [2.05, 4.69) is 23.8 Å². The maximum absolute atomic E-state index is 11.6. The number of phosphoric ester groups is 1. The average molecular weight is 456 g/mol. The van der Waals surface area contributed by atoms with Crippen LogP contribution >= 0.6 is 35.2 Å². The van der Waals surface area contributed by atoms with Crippen molar-refractivity contribution >= 4 is 41.1 Å². The van der Waals surface area contributed by atoms with Gasteiger partial charge in [-0.25, -0.2) is 13.7 Å². The van der Waals surface area contributed by atoms with Crippen LogP contribution in [0.3, 0.4) is 0 Å². The largest absolute Gasteiger partial charge is 0.490 e. The second-order valence-corrected chi connectivity index (χ2v) is 10.8. The number of hydrogen-bond donors (Lipinski definition) is 6. The molecular formula is C9H19N2O11P3S. The molecule has 26 heavy (non-hydrogen) atoms. The van der Waals surface area contributed by atoms with Gasteiger partial charge in [0, 0.05) is 24.6 Å². The molecule has 0 aromatic heterocycles. The molecule has 1 amide bonds. The number of rotatable bonds is 10. The molecule has 2 unspecified atom stereocenters. The first kappa shape index (κ1) is 23.8. The van der Waals surface area contributed by atoms with Gasteiger partial charge < -0.3 is 30.2 Å². The Bertz CT molecular complexity index is 667. The number of likely N-dealkylation sites (N-methyl/N-ethyl adjacent to an activating group) is 1. The molecule has 1 heterocycles. The van der Waals surface area contributed by atoms with Gasteiger partial charge >= 0.3 is 23.5 Å². The molecule has 6 N–H and O–H groups in total. The fourth-order valence-corrected chi connectivity index (χ4v) is 6.22. The van der Waals surface area contributed by atoms with Crippen molar-refractivity contribution in [3.63, 3.8) is 0 Å². The fourth-order valence-electron chi connectivity index (χ4n) is 1.75. The van der Waals surface area contributed by atoms with Gasteiger partial charge in [-0.15, -0.1) is 11.8 Å². The van der Waals surface area contributed by atoms with Crippen molar-refractivity contribution in [2.24, 2.45) is 0 Å². The Kier molecular flexibility index (Phi) is 8.98. The van der Waals surface area contributed by atoms with Crippen LogP contribution in [0.15, 0.2) is 12.3 Å².